The fraction of sp³-hybridized carbons (Fsp3) is 0.235. The highest BCUT2D eigenvalue weighted by Crippen LogP contribution is 2.19. The van der Waals surface area contributed by atoms with Crippen LogP contribution in [0.15, 0.2) is 59.6 Å². The molecule has 0 heterocycles. The molecule has 1 atom stereocenters. The second-order valence-electron chi connectivity index (χ2n) is 5.25. The molecule has 116 valence electrons. The SMILES string of the molecule is CN(C)C(CN=C(N)Nc1ccccc1)c1ccc(F)cc1. The van der Waals surface area contributed by atoms with E-state index < -0.39 is 0 Å². The molecule has 0 amide bonds. The Bertz CT molecular complexity index is 608. The number of nitrogens with one attached hydrogen (secondary N) is 1. The highest BCUT2D eigenvalue weighted by molar-refractivity contribution is 5.92. The fourth-order valence-electron chi connectivity index (χ4n) is 2.15. The van der Waals surface area contributed by atoms with Crippen LogP contribution in [0.5, 0.6) is 0 Å². The molecule has 2 aromatic carbocycles. The van der Waals surface area contributed by atoms with Crippen molar-refractivity contribution in [2.75, 3.05) is 26.0 Å². The topological polar surface area (TPSA) is 53.6 Å². The van der Waals surface area contributed by atoms with Crippen molar-refractivity contribution in [2.45, 2.75) is 6.04 Å². The van der Waals surface area contributed by atoms with Gasteiger partial charge in [0.1, 0.15) is 5.82 Å². The van der Waals surface area contributed by atoms with Crippen molar-refractivity contribution in [2.24, 2.45) is 10.7 Å². The van der Waals surface area contributed by atoms with Gasteiger partial charge in [-0.2, -0.15) is 0 Å². The van der Waals surface area contributed by atoms with Gasteiger partial charge in [-0.1, -0.05) is 30.3 Å². The number of guanidine groups is 1. The lowest BCUT2D eigenvalue weighted by atomic mass is 10.1. The van der Waals surface area contributed by atoms with Crippen LogP contribution < -0.4 is 11.1 Å². The van der Waals surface area contributed by atoms with Crippen molar-refractivity contribution in [1.29, 1.82) is 0 Å². The molecule has 0 saturated carbocycles. The molecule has 0 saturated heterocycles. The van der Waals surface area contributed by atoms with Crippen molar-refractivity contribution in [3.05, 3.63) is 66.0 Å². The monoisotopic (exact) mass is 300 g/mol. The molecule has 0 bridgehead atoms. The van der Waals surface area contributed by atoms with Crippen molar-refractivity contribution in [1.82, 2.24) is 4.90 Å². The van der Waals surface area contributed by atoms with Crippen molar-refractivity contribution in [3.63, 3.8) is 0 Å². The van der Waals surface area contributed by atoms with Gasteiger partial charge in [0, 0.05) is 5.69 Å². The van der Waals surface area contributed by atoms with Crippen molar-refractivity contribution >= 4 is 11.6 Å². The number of nitrogens with zero attached hydrogens (tertiary/aromatic N) is 2. The van der Waals surface area contributed by atoms with Crippen LogP contribution in [0.2, 0.25) is 0 Å². The van der Waals surface area contributed by atoms with Gasteiger partial charge >= 0.3 is 0 Å². The second kappa shape index (κ2) is 7.56. The Morgan fingerprint density at radius 3 is 2.36 bits per heavy atom. The number of rotatable bonds is 5. The number of hydrogen-bond acceptors (Lipinski definition) is 2. The summed E-state index contributed by atoms with van der Waals surface area (Å²) in [6.45, 7) is 0.490. The molecular weight excluding hydrogens is 279 g/mol. The summed E-state index contributed by atoms with van der Waals surface area (Å²) in [6.07, 6.45) is 0. The van der Waals surface area contributed by atoms with E-state index in [9.17, 15) is 4.39 Å². The molecule has 1 unspecified atom stereocenters. The van der Waals surface area contributed by atoms with E-state index >= 15 is 0 Å². The van der Waals surface area contributed by atoms with Gasteiger partial charge in [0.25, 0.3) is 0 Å². The smallest absolute Gasteiger partial charge is 0.193 e. The van der Waals surface area contributed by atoms with E-state index in [0.29, 0.717) is 12.5 Å². The molecule has 3 N–H and O–H groups in total. The first-order valence-corrected chi connectivity index (χ1v) is 7.10. The number of hydrogen-bond donors (Lipinski definition) is 2. The van der Waals surface area contributed by atoms with Crippen LogP contribution in [0, 0.1) is 5.82 Å². The van der Waals surface area contributed by atoms with Gasteiger partial charge in [-0.15, -0.1) is 0 Å². The number of aliphatic imine (C=N–C) groups is 1. The molecule has 0 spiro atoms. The molecule has 0 aliphatic heterocycles. The van der Waals surface area contributed by atoms with E-state index in [4.69, 9.17) is 5.73 Å². The molecule has 2 aromatic rings. The van der Waals surface area contributed by atoms with Gasteiger partial charge in [0.2, 0.25) is 0 Å². The summed E-state index contributed by atoms with van der Waals surface area (Å²) >= 11 is 0. The first kappa shape index (κ1) is 16.0. The minimum absolute atomic E-state index is 0.0386. The largest absolute Gasteiger partial charge is 0.370 e. The van der Waals surface area contributed by atoms with Gasteiger partial charge in [0.05, 0.1) is 12.6 Å². The maximum Gasteiger partial charge on any atom is 0.193 e. The van der Waals surface area contributed by atoms with Crippen molar-refractivity contribution < 1.29 is 4.39 Å². The molecule has 2 rings (SSSR count). The Balaban J connectivity index is 2.05. The summed E-state index contributed by atoms with van der Waals surface area (Å²) in [5, 5.41) is 3.05. The van der Waals surface area contributed by atoms with Crippen LogP contribution >= 0.6 is 0 Å². The van der Waals surface area contributed by atoms with Gasteiger partial charge in [-0.05, 0) is 43.9 Å². The summed E-state index contributed by atoms with van der Waals surface area (Å²) < 4.78 is 13.0. The van der Waals surface area contributed by atoms with Crippen LogP contribution in [0.1, 0.15) is 11.6 Å². The number of para-hydroxylation sites is 1. The Morgan fingerprint density at radius 2 is 1.77 bits per heavy atom. The quantitative estimate of drug-likeness (QED) is 0.659. The van der Waals surface area contributed by atoms with Crippen LogP contribution in [-0.2, 0) is 0 Å². The Morgan fingerprint density at radius 1 is 1.14 bits per heavy atom. The molecular formula is C17H21FN4. The molecule has 0 aromatic heterocycles. The molecule has 22 heavy (non-hydrogen) atoms. The Labute approximate surface area is 130 Å². The Kier molecular flexibility index (Phi) is 5.49. The molecule has 4 nitrogen and oxygen atoms in total. The fourth-order valence-corrected chi connectivity index (χ4v) is 2.15. The lowest BCUT2D eigenvalue weighted by Gasteiger charge is -2.23. The average Bonchev–Trinajstić information content (AvgIpc) is 2.50. The van der Waals surface area contributed by atoms with Gasteiger partial charge in [0.15, 0.2) is 5.96 Å². The summed E-state index contributed by atoms with van der Waals surface area (Å²) in [7, 11) is 3.93. The molecule has 5 heteroatoms. The number of anilines is 1. The van der Waals surface area contributed by atoms with E-state index in [1.165, 1.54) is 12.1 Å². The second-order valence-corrected chi connectivity index (χ2v) is 5.25. The lowest BCUT2D eigenvalue weighted by molar-refractivity contribution is 0.306. The summed E-state index contributed by atoms with van der Waals surface area (Å²) in [5.74, 6) is 0.121. The summed E-state index contributed by atoms with van der Waals surface area (Å²) in [6, 6.07) is 16.1. The predicted octanol–water partition coefficient (Wildman–Crippen LogP) is 2.86. The lowest BCUT2D eigenvalue weighted by Crippen LogP contribution is -2.27. The average molecular weight is 300 g/mol. The van der Waals surface area contributed by atoms with Gasteiger partial charge < -0.3 is 16.0 Å². The standard InChI is InChI=1S/C17H21FN4/c1-22(2)16(13-8-10-14(18)11-9-13)12-20-17(19)21-15-6-4-3-5-7-15/h3-11,16H,12H2,1-2H3,(H3,19,20,21). The maximum absolute atomic E-state index is 13.0. The maximum atomic E-state index is 13.0. The third-order valence-corrected chi connectivity index (χ3v) is 3.36. The van der Waals surface area contributed by atoms with E-state index in [2.05, 4.69) is 10.3 Å². The zero-order valence-corrected chi connectivity index (χ0v) is 12.8. The molecule has 0 fully saturated rings. The van der Waals surface area contributed by atoms with Crippen LogP contribution in [-0.4, -0.2) is 31.5 Å². The summed E-state index contributed by atoms with van der Waals surface area (Å²) in [4.78, 5) is 6.42. The number of nitrogens with two attached hydrogens (primary N) is 1. The van der Waals surface area contributed by atoms with E-state index in [1.54, 1.807) is 12.1 Å². The zero-order valence-electron chi connectivity index (χ0n) is 12.8. The predicted molar refractivity (Wildman–Crippen MR) is 89.4 cm³/mol. The zero-order chi connectivity index (χ0) is 15.9. The van der Waals surface area contributed by atoms with Crippen LogP contribution in [0.3, 0.4) is 0 Å². The highest BCUT2D eigenvalue weighted by atomic mass is 19.1. The first-order valence-electron chi connectivity index (χ1n) is 7.10. The third-order valence-electron chi connectivity index (χ3n) is 3.36. The number of benzene rings is 2. The molecule has 0 radical (unpaired) electrons. The molecule has 0 aliphatic rings. The normalized spacial score (nSPS) is 13.2. The van der Waals surface area contributed by atoms with Crippen LogP contribution in [0.4, 0.5) is 10.1 Å². The van der Waals surface area contributed by atoms with E-state index in [1.807, 2.05) is 49.3 Å². The molecule has 0 aliphatic carbocycles. The van der Waals surface area contributed by atoms with E-state index in [0.717, 1.165) is 11.3 Å². The number of likely N-dealkylation sites (N-methyl/N-ethyl adjacent to an activating group) is 1. The van der Waals surface area contributed by atoms with Gasteiger partial charge in [-0.25, -0.2) is 4.39 Å². The van der Waals surface area contributed by atoms with Gasteiger partial charge in [-0.3, -0.25) is 4.99 Å². The minimum atomic E-state index is -0.241. The summed E-state index contributed by atoms with van der Waals surface area (Å²) in [5.41, 5.74) is 7.81. The highest BCUT2D eigenvalue weighted by Gasteiger charge is 2.13. The Hall–Kier alpha value is -2.40. The van der Waals surface area contributed by atoms with Crippen LogP contribution in [0.25, 0.3) is 0 Å². The third kappa shape index (κ3) is 4.56. The van der Waals surface area contributed by atoms with E-state index in [-0.39, 0.29) is 11.9 Å². The minimum Gasteiger partial charge on any atom is -0.370 e. The first-order chi connectivity index (χ1) is 10.6. The van der Waals surface area contributed by atoms with Crippen molar-refractivity contribution in [3.8, 4) is 0 Å². The number of halogens is 1.